The number of hydrogen-bond acceptors (Lipinski definition) is 4. The smallest absolute Gasteiger partial charge is 0.387 e. The number of halogens is 2. The predicted molar refractivity (Wildman–Crippen MR) is 70.8 cm³/mol. The third-order valence-electron chi connectivity index (χ3n) is 3.44. The van der Waals surface area contributed by atoms with Crippen LogP contribution in [-0.2, 0) is 9.59 Å². The zero-order chi connectivity index (χ0) is 15.6. The number of rotatable bonds is 5. The molecule has 0 aliphatic carbocycles. The Labute approximate surface area is 120 Å². The SMILES string of the molecule is CC(NC1CC(=O)N(C)C1=O)c1ccc(OC(F)F)cc1. The average molecular weight is 298 g/mol. The van der Waals surface area contributed by atoms with Gasteiger partial charge in [-0.3, -0.25) is 19.8 Å². The van der Waals surface area contributed by atoms with Gasteiger partial charge in [0.25, 0.3) is 0 Å². The van der Waals surface area contributed by atoms with E-state index in [1.165, 1.54) is 19.2 Å². The highest BCUT2D eigenvalue weighted by molar-refractivity contribution is 6.05. The molecule has 1 aliphatic heterocycles. The highest BCUT2D eigenvalue weighted by Gasteiger charge is 2.36. The number of ether oxygens (including phenoxy) is 1. The fraction of sp³-hybridized carbons (Fsp3) is 0.429. The van der Waals surface area contributed by atoms with Gasteiger partial charge in [-0.1, -0.05) is 12.1 Å². The van der Waals surface area contributed by atoms with Crippen LogP contribution in [0.25, 0.3) is 0 Å². The third kappa shape index (κ3) is 3.55. The first-order valence-electron chi connectivity index (χ1n) is 6.49. The van der Waals surface area contributed by atoms with Crippen LogP contribution in [0, 0.1) is 0 Å². The summed E-state index contributed by atoms with van der Waals surface area (Å²) in [5, 5.41) is 3.06. The van der Waals surface area contributed by atoms with Gasteiger partial charge in [-0.2, -0.15) is 8.78 Å². The molecule has 0 saturated carbocycles. The lowest BCUT2D eigenvalue weighted by atomic mass is 10.1. The number of carbonyl (C=O) groups excluding carboxylic acids is 2. The number of nitrogens with zero attached hydrogens (tertiary/aromatic N) is 1. The van der Waals surface area contributed by atoms with Crippen molar-refractivity contribution in [3.05, 3.63) is 29.8 Å². The van der Waals surface area contributed by atoms with E-state index in [1.807, 2.05) is 6.92 Å². The summed E-state index contributed by atoms with van der Waals surface area (Å²) in [4.78, 5) is 24.3. The van der Waals surface area contributed by atoms with Crippen molar-refractivity contribution in [2.45, 2.75) is 32.0 Å². The molecule has 7 heteroatoms. The Hall–Kier alpha value is -2.02. The van der Waals surface area contributed by atoms with Crippen molar-refractivity contribution in [3.8, 4) is 5.75 Å². The van der Waals surface area contributed by atoms with Gasteiger partial charge in [-0.25, -0.2) is 0 Å². The van der Waals surface area contributed by atoms with Crippen molar-refractivity contribution >= 4 is 11.8 Å². The molecule has 1 heterocycles. The summed E-state index contributed by atoms with van der Waals surface area (Å²) in [6, 6.07) is 5.41. The molecule has 2 amide bonds. The lowest BCUT2D eigenvalue weighted by Gasteiger charge is -2.18. The van der Waals surface area contributed by atoms with Gasteiger partial charge in [0.2, 0.25) is 11.8 Å². The lowest BCUT2D eigenvalue weighted by molar-refractivity contribution is -0.137. The molecule has 2 unspecified atom stereocenters. The fourth-order valence-corrected chi connectivity index (χ4v) is 2.22. The van der Waals surface area contributed by atoms with Crippen LogP contribution < -0.4 is 10.1 Å². The van der Waals surface area contributed by atoms with E-state index in [9.17, 15) is 18.4 Å². The summed E-state index contributed by atoms with van der Waals surface area (Å²) in [7, 11) is 1.45. The molecule has 1 fully saturated rings. The van der Waals surface area contributed by atoms with Gasteiger partial charge >= 0.3 is 6.61 Å². The van der Waals surface area contributed by atoms with Crippen molar-refractivity contribution in [2.75, 3.05) is 7.05 Å². The molecule has 1 aromatic rings. The van der Waals surface area contributed by atoms with E-state index >= 15 is 0 Å². The molecule has 114 valence electrons. The number of hydrogen-bond donors (Lipinski definition) is 1. The molecule has 2 atom stereocenters. The topological polar surface area (TPSA) is 58.6 Å². The molecule has 0 radical (unpaired) electrons. The predicted octanol–water partition coefficient (Wildman–Crippen LogP) is 1.70. The first-order chi connectivity index (χ1) is 9.88. The van der Waals surface area contributed by atoms with Crippen LogP contribution in [0.3, 0.4) is 0 Å². The highest BCUT2D eigenvalue weighted by Crippen LogP contribution is 2.21. The summed E-state index contributed by atoms with van der Waals surface area (Å²) in [5.41, 5.74) is 0.811. The van der Waals surface area contributed by atoms with Gasteiger partial charge in [-0.15, -0.1) is 0 Å². The molecule has 0 bridgehead atoms. The molecule has 2 rings (SSSR count). The zero-order valence-electron chi connectivity index (χ0n) is 11.7. The Morgan fingerprint density at radius 1 is 1.29 bits per heavy atom. The Morgan fingerprint density at radius 3 is 2.38 bits per heavy atom. The molecule has 1 aliphatic rings. The first-order valence-corrected chi connectivity index (χ1v) is 6.49. The van der Waals surface area contributed by atoms with Crippen molar-refractivity contribution in [3.63, 3.8) is 0 Å². The standard InChI is InChI=1S/C14H16F2N2O3/c1-8(17-11-7-12(19)18(2)13(11)20)9-3-5-10(6-4-9)21-14(15)16/h3-6,8,11,14,17H,7H2,1-2H3. The monoisotopic (exact) mass is 298 g/mol. The number of nitrogens with one attached hydrogen (secondary N) is 1. The van der Waals surface area contributed by atoms with E-state index in [0.29, 0.717) is 0 Å². The summed E-state index contributed by atoms with van der Waals surface area (Å²) in [5.74, 6) is -0.400. The van der Waals surface area contributed by atoms with E-state index in [-0.39, 0.29) is 30.0 Å². The number of likely N-dealkylation sites (tertiary alicyclic amines) is 1. The number of benzene rings is 1. The van der Waals surface area contributed by atoms with Crippen molar-refractivity contribution in [1.29, 1.82) is 0 Å². The van der Waals surface area contributed by atoms with Crippen LogP contribution >= 0.6 is 0 Å². The van der Waals surface area contributed by atoms with E-state index < -0.39 is 12.7 Å². The summed E-state index contributed by atoms with van der Waals surface area (Å²) >= 11 is 0. The Kier molecular flexibility index (Phi) is 4.52. The molecule has 0 aromatic heterocycles. The van der Waals surface area contributed by atoms with Crippen LogP contribution in [0.2, 0.25) is 0 Å². The van der Waals surface area contributed by atoms with E-state index in [4.69, 9.17) is 0 Å². The van der Waals surface area contributed by atoms with Crippen LogP contribution in [0.4, 0.5) is 8.78 Å². The van der Waals surface area contributed by atoms with Gasteiger partial charge in [0, 0.05) is 13.1 Å². The Morgan fingerprint density at radius 2 is 1.90 bits per heavy atom. The van der Waals surface area contributed by atoms with Crippen molar-refractivity contribution in [2.24, 2.45) is 0 Å². The lowest BCUT2D eigenvalue weighted by Crippen LogP contribution is -2.38. The van der Waals surface area contributed by atoms with Gasteiger partial charge in [0.1, 0.15) is 5.75 Å². The minimum atomic E-state index is -2.86. The van der Waals surface area contributed by atoms with Crippen LogP contribution in [-0.4, -0.2) is 36.4 Å². The van der Waals surface area contributed by atoms with E-state index in [1.54, 1.807) is 12.1 Å². The second-order valence-electron chi connectivity index (χ2n) is 4.88. The molecule has 1 aromatic carbocycles. The Balaban J connectivity index is 1.99. The largest absolute Gasteiger partial charge is 0.435 e. The second-order valence-corrected chi connectivity index (χ2v) is 4.88. The summed E-state index contributed by atoms with van der Waals surface area (Å²) in [6.45, 7) is -1.02. The molecule has 21 heavy (non-hydrogen) atoms. The highest BCUT2D eigenvalue weighted by atomic mass is 19.3. The van der Waals surface area contributed by atoms with E-state index in [0.717, 1.165) is 10.5 Å². The molecular weight excluding hydrogens is 282 g/mol. The maximum Gasteiger partial charge on any atom is 0.387 e. The quantitative estimate of drug-likeness (QED) is 0.841. The molecule has 1 saturated heterocycles. The van der Waals surface area contributed by atoms with Crippen LogP contribution in [0.1, 0.15) is 24.9 Å². The maximum atomic E-state index is 12.1. The minimum absolute atomic E-state index is 0.0767. The molecular formula is C14H16F2N2O3. The van der Waals surface area contributed by atoms with Crippen molar-refractivity contribution in [1.82, 2.24) is 10.2 Å². The number of amides is 2. The summed E-state index contributed by atoms with van der Waals surface area (Å²) in [6.07, 6.45) is 0.131. The summed E-state index contributed by atoms with van der Waals surface area (Å²) < 4.78 is 28.4. The average Bonchev–Trinajstić information content (AvgIpc) is 2.66. The van der Waals surface area contributed by atoms with Crippen molar-refractivity contribution < 1.29 is 23.1 Å². The first kappa shape index (κ1) is 15.4. The second kappa shape index (κ2) is 6.17. The minimum Gasteiger partial charge on any atom is -0.435 e. The molecule has 5 nitrogen and oxygen atoms in total. The zero-order valence-corrected chi connectivity index (χ0v) is 11.7. The third-order valence-corrected chi connectivity index (χ3v) is 3.44. The van der Waals surface area contributed by atoms with Gasteiger partial charge in [0.05, 0.1) is 12.5 Å². The van der Waals surface area contributed by atoms with Crippen LogP contribution in [0.5, 0.6) is 5.75 Å². The number of imide groups is 1. The Bertz CT molecular complexity index is 534. The fourth-order valence-electron chi connectivity index (χ4n) is 2.22. The van der Waals surface area contributed by atoms with E-state index in [2.05, 4.69) is 10.1 Å². The normalized spacial score (nSPS) is 20.2. The number of alkyl halides is 2. The van der Waals surface area contributed by atoms with Gasteiger partial charge < -0.3 is 4.74 Å². The number of likely N-dealkylation sites (N-methyl/N-ethyl adjacent to an activating group) is 1. The molecule has 0 spiro atoms. The number of carbonyl (C=O) groups is 2. The maximum absolute atomic E-state index is 12.1. The van der Waals surface area contributed by atoms with Gasteiger partial charge in [-0.05, 0) is 24.6 Å². The molecule has 1 N–H and O–H groups in total. The van der Waals surface area contributed by atoms with Gasteiger partial charge in [0.15, 0.2) is 0 Å². The van der Waals surface area contributed by atoms with Crippen LogP contribution in [0.15, 0.2) is 24.3 Å².